The maximum atomic E-state index is 13.1. The Labute approximate surface area is 204 Å². The lowest BCUT2D eigenvalue weighted by Crippen LogP contribution is -2.37. The van der Waals surface area contributed by atoms with Gasteiger partial charge in [-0.3, -0.25) is 14.7 Å². The van der Waals surface area contributed by atoms with Crippen LogP contribution in [0.1, 0.15) is 69.7 Å². The van der Waals surface area contributed by atoms with E-state index in [2.05, 4.69) is 36.1 Å². The van der Waals surface area contributed by atoms with Crippen LogP contribution in [0.25, 0.3) is 5.69 Å². The fraction of sp³-hybridized carbons (Fsp3) is 0.407. The molecule has 35 heavy (non-hydrogen) atoms. The Hall–Kier alpha value is -3.68. The summed E-state index contributed by atoms with van der Waals surface area (Å²) in [6, 6.07) is 12.6. The lowest BCUT2D eigenvalue weighted by molar-refractivity contribution is -0.145. The molecule has 0 bridgehead atoms. The number of nitrogens with one attached hydrogen (secondary N) is 1. The predicted octanol–water partition coefficient (Wildman–Crippen LogP) is 6.18. The number of hydrogen-bond acceptors (Lipinski definition) is 5. The van der Waals surface area contributed by atoms with Crippen molar-refractivity contribution in [2.75, 3.05) is 0 Å². The van der Waals surface area contributed by atoms with E-state index in [4.69, 9.17) is 0 Å². The van der Waals surface area contributed by atoms with E-state index >= 15 is 0 Å². The molecule has 0 atom stereocenters. The maximum Gasteiger partial charge on any atom is 0.314 e. The van der Waals surface area contributed by atoms with Crippen LogP contribution in [0.3, 0.4) is 0 Å². The van der Waals surface area contributed by atoms with Crippen LogP contribution in [0.15, 0.2) is 57.5 Å². The van der Waals surface area contributed by atoms with Crippen LogP contribution in [-0.2, 0) is 15.6 Å². The molecule has 8 nitrogen and oxygen atoms in total. The van der Waals surface area contributed by atoms with E-state index in [-0.39, 0.29) is 28.1 Å². The number of H-pyrrole nitrogens is 1. The summed E-state index contributed by atoms with van der Waals surface area (Å²) in [4.78, 5) is 25.3. The number of phenolic OH excluding ortho intramolecular Hbond substituents is 1. The van der Waals surface area contributed by atoms with Gasteiger partial charge >= 0.3 is 5.97 Å². The third kappa shape index (κ3) is 4.52. The summed E-state index contributed by atoms with van der Waals surface area (Å²) >= 11 is 0. The number of phenols is 1. The summed E-state index contributed by atoms with van der Waals surface area (Å²) in [5, 5.41) is 32.3. The first-order valence-corrected chi connectivity index (χ1v) is 11.9. The highest BCUT2D eigenvalue weighted by atomic mass is 16.4. The van der Waals surface area contributed by atoms with Gasteiger partial charge in [-0.15, -0.1) is 10.2 Å². The molecule has 3 N–H and O–H groups in total. The van der Waals surface area contributed by atoms with E-state index in [0.717, 1.165) is 24.8 Å². The Morgan fingerprint density at radius 1 is 1.03 bits per heavy atom. The Morgan fingerprint density at radius 2 is 1.69 bits per heavy atom. The zero-order valence-corrected chi connectivity index (χ0v) is 20.6. The molecule has 1 aromatic heterocycles. The minimum Gasteiger partial charge on any atom is -0.505 e. The highest BCUT2D eigenvalue weighted by Gasteiger charge is 2.43. The molecule has 2 aromatic carbocycles. The summed E-state index contributed by atoms with van der Waals surface area (Å²) in [5.41, 5.74) is 1.48. The number of rotatable bonds is 5. The van der Waals surface area contributed by atoms with Crippen molar-refractivity contribution in [1.29, 1.82) is 0 Å². The first-order chi connectivity index (χ1) is 16.5. The first-order valence-electron chi connectivity index (χ1n) is 11.9. The third-order valence-electron chi connectivity index (χ3n) is 6.94. The molecule has 1 heterocycles. The van der Waals surface area contributed by atoms with Crippen molar-refractivity contribution in [3.63, 3.8) is 0 Å². The number of carbonyl (C=O) groups is 1. The van der Waals surface area contributed by atoms with Gasteiger partial charge in [0, 0.05) is 5.56 Å². The summed E-state index contributed by atoms with van der Waals surface area (Å²) in [5.74, 6) is -1.14. The summed E-state index contributed by atoms with van der Waals surface area (Å²) in [6.45, 7) is 8.11. The topological polar surface area (TPSA) is 120 Å². The van der Waals surface area contributed by atoms with Gasteiger partial charge in [0.15, 0.2) is 5.69 Å². The maximum absolute atomic E-state index is 13.1. The molecule has 1 aliphatic rings. The average Bonchev–Trinajstić information content (AvgIpc) is 3.11. The molecule has 0 spiro atoms. The second-order valence-corrected chi connectivity index (χ2v) is 10.3. The molecule has 1 saturated carbocycles. The van der Waals surface area contributed by atoms with E-state index < -0.39 is 11.4 Å². The molecule has 0 aliphatic heterocycles. The van der Waals surface area contributed by atoms with Crippen LogP contribution in [0.4, 0.5) is 11.4 Å². The number of aromatic nitrogens is 2. The molecule has 184 valence electrons. The number of carboxylic acids is 1. The normalized spacial score (nSPS) is 16.0. The number of hydrogen-bond donors (Lipinski definition) is 3. The van der Waals surface area contributed by atoms with Crippen LogP contribution >= 0.6 is 0 Å². The van der Waals surface area contributed by atoms with Crippen molar-refractivity contribution in [2.45, 2.75) is 70.6 Å². The summed E-state index contributed by atoms with van der Waals surface area (Å²) in [6.07, 6.45) is 3.48. The predicted molar refractivity (Wildman–Crippen MR) is 135 cm³/mol. The quantitative estimate of drug-likeness (QED) is 0.381. The van der Waals surface area contributed by atoms with E-state index in [1.807, 2.05) is 24.3 Å². The van der Waals surface area contributed by atoms with Gasteiger partial charge in [0.25, 0.3) is 5.56 Å². The number of aryl methyl sites for hydroxylation is 1. The van der Waals surface area contributed by atoms with E-state index in [9.17, 15) is 19.8 Å². The van der Waals surface area contributed by atoms with Gasteiger partial charge in [0.05, 0.1) is 16.8 Å². The Morgan fingerprint density at radius 3 is 2.29 bits per heavy atom. The van der Waals surface area contributed by atoms with Crippen molar-refractivity contribution < 1.29 is 15.0 Å². The lowest BCUT2D eigenvalue weighted by Gasteiger charge is -2.34. The molecule has 8 heteroatoms. The number of carboxylic acid groups (broad SMARTS) is 1. The van der Waals surface area contributed by atoms with Gasteiger partial charge in [-0.1, -0.05) is 64.3 Å². The van der Waals surface area contributed by atoms with Crippen LogP contribution in [-0.4, -0.2) is 26.0 Å². The van der Waals surface area contributed by atoms with Gasteiger partial charge in [0.2, 0.25) is 0 Å². The van der Waals surface area contributed by atoms with Gasteiger partial charge in [-0.05, 0) is 48.9 Å². The van der Waals surface area contributed by atoms with E-state index in [1.54, 1.807) is 25.1 Å². The smallest absolute Gasteiger partial charge is 0.314 e. The molecule has 1 aliphatic carbocycles. The molecule has 1 fully saturated rings. The molecule has 0 unspecified atom stereocenters. The third-order valence-corrected chi connectivity index (χ3v) is 6.94. The Balaban J connectivity index is 1.68. The minimum atomic E-state index is -1.14. The van der Waals surface area contributed by atoms with Crippen LogP contribution in [0.5, 0.6) is 5.75 Å². The monoisotopic (exact) mass is 476 g/mol. The van der Waals surface area contributed by atoms with Crippen LogP contribution in [0, 0.1) is 6.92 Å². The number of benzene rings is 2. The first kappa shape index (κ1) is 24.4. The van der Waals surface area contributed by atoms with Gasteiger partial charge in [-0.25, -0.2) is 4.68 Å². The van der Waals surface area contributed by atoms with Crippen molar-refractivity contribution in [2.24, 2.45) is 10.2 Å². The SMILES string of the molecule is Cc1[nH]n(-c2ccc(C(C)(C)C)cc2)c(=O)c1N=Nc1cccc(C2(C(=O)O)CCCCC2)c1O. The second-order valence-electron chi connectivity index (χ2n) is 10.3. The summed E-state index contributed by atoms with van der Waals surface area (Å²) < 4.78 is 1.41. The fourth-order valence-electron chi connectivity index (χ4n) is 4.80. The summed E-state index contributed by atoms with van der Waals surface area (Å²) in [7, 11) is 0. The van der Waals surface area contributed by atoms with E-state index in [0.29, 0.717) is 29.8 Å². The van der Waals surface area contributed by atoms with E-state index in [1.165, 1.54) is 4.68 Å². The van der Waals surface area contributed by atoms with Crippen LogP contribution < -0.4 is 5.56 Å². The number of aromatic amines is 1. The van der Waals surface area contributed by atoms with Crippen molar-refractivity contribution in [1.82, 2.24) is 9.78 Å². The highest BCUT2D eigenvalue weighted by Crippen LogP contribution is 2.46. The van der Waals surface area contributed by atoms with Crippen molar-refractivity contribution in [3.8, 4) is 11.4 Å². The molecule has 0 amide bonds. The van der Waals surface area contributed by atoms with Gasteiger partial charge in [-0.2, -0.15) is 0 Å². The van der Waals surface area contributed by atoms with Gasteiger partial charge in [0.1, 0.15) is 11.4 Å². The van der Waals surface area contributed by atoms with Crippen LogP contribution in [0.2, 0.25) is 0 Å². The highest BCUT2D eigenvalue weighted by molar-refractivity contribution is 5.83. The zero-order chi connectivity index (χ0) is 25.4. The molecular formula is C27H32N4O4. The Bertz CT molecular complexity index is 1320. The zero-order valence-electron chi connectivity index (χ0n) is 20.6. The van der Waals surface area contributed by atoms with Crippen molar-refractivity contribution >= 4 is 17.3 Å². The molecular weight excluding hydrogens is 444 g/mol. The number of azo groups is 1. The molecule has 4 rings (SSSR count). The number of nitrogens with zero attached hydrogens (tertiary/aromatic N) is 3. The van der Waals surface area contributed by atoms with Crippen molar-refractivity contribution in [3.05, 3.63) is 69.6 Å². The standard InChI is InChI=1S/C27H32N4O4/c1-17-22(24(33)31(30-17)19-13-11-18(12-14-19)26(2,3)4)29-28-21-10-8-9-20(23(21)32)27(25(34)35)15-6-5-7-16-27/h8-14,30,32H,5-7,15-16H2,1-4H3,(H,34,35). The minimum absolute atomic E-state index is 0.00188. The second kappa shape index (κ2) is 9.17. The molecule has 3 aromatic rings. The lowest BCUT2D eigenvalue weighted by atomic mass is 9.69. The fourth-order valence-corrected chi connectivity index (χ4v) is 4.80. The molecule has 0 saturated heterocycles. The number of aliphatic carboxylic acids is 1. The number of aromatic hydroxyl groups is 1. The van der Waals surface area contributed by atoms with Gasteiger partial charge < -0.3 is 10.2 Å². The largest absolute Gasteiger partial charge is 0.505 e. The Kier molecular flexibility index (Phi) is 6.40. The number of para-hydroxylation sites is 1. The average molecular weight is 477 g/mol. The molecule has 0 radical (unpaired) electrons.